The fourth-order valence-electron chi connectivity index (χ4n) is 1.70. The molecule has 0 aromatic heterocycles. The molecule has 0 bridgehead atoms. The molecule has 0 aliphatic carbocycles. The first-order valence-corrected chi connectivity index (χ1v) is 6.13. The van der Waals surface area contributed by atoms with Crippen LogP contribution < -0.4 is 11.1 Å². The van der Waals surface area contributed by atoms with Crippen molar-refractivity contribution in [1.29, 1.82) is 0 Å². The smallest absolute Gasteiger partial charge is 0.239 e. The van der Waals surface area contributed by atoms with Crippen LogP contribution in [0.25, 0.3) is 0 Å². The van der Waals surface area contributed by atoms with Gasteiger partial charge in [0.1, 0.15) is 5.84 Å². The van der Waals surface area contributed by atoms with E-state index in [9.17, 15) is 4.79 Å². The van der Waals surface area contributed by atoms with Gasteiger partial charge in [-0.05, 0) is 6.92 Å². The predicted octanol–water partition coefficient (Wildman–Crippen LogP) is -0.794. The summed E-state index contributed by atoms with van der Waals surface area (Å²) >= 11 is 0. The first-order valence-electron chi connectivity index (χ1n) is 6.13. The summed E-state index contributed by atoms with van der Waals surface area (Å²) in [5.41, 5.74) is 5.47. The van der Waals surface area contributed by atoms with Gasteiger partial charge >= 0.3 is 0 Å². The summed E-state index contributed by atoms with van der Waals surface area (Å²) in [7, 11) is 0. The fraction of sp³-hybridized carbons (Fsp3) is 0.818. The van der Waals surface area contributed by atoms with Gasteiger partial charge < -0.3 is 25.9 Å². The number of carbonyl (C=O) groups excluding carboxylic acids is 1. The molecule has 0 aromatic carbocycles. The van der Waals surface area contributed by atoms with Gasteiger partial charge in [-0.2, -0.15) is 0 Å². The van der Waals surface area contributed by atoms with Crippen molar-refractivity contribution in [2.45, 2.75) is 19.9 Å². The molecule has 2 atom stereocenters. The number of nitrogens with two attached hydrogens (primary N) is 1. The highest BCUT2D eigenvalue weighted by Gasteiger charge is 2.22. The minimum Gasteiger partial charge on any atom is -0.409 e. The van der Waals surface area contributed by atoms with Gasteiger partial charge in [-0.15, -0.1) is 0 Å². The van der Waals surface area contributed by atoms with Gasteiger partial charge in [0.15, 0.2) is 0 Å². The molecule has 2 unspecified atom stereocenters. The standard InChI is InChI=1S/C11H22N4O3/c1-8(10(12)14-17)7-13-9(2)11(16)15-3-5-18-6-4-15/h8-9,13,17H,3-7H2,1-2H3,(H2,12,14). The van der Waals surface area contributed by atoms with Crippen LogP contribution in [0.15, 0.2) is 5.16 Å². The van der Waals surface area contributed by atoms with E-state index in [0.717, 1.165) is 0 Å². The monoisotopic (exact) mass is 258 g/mol. The second kappa shape index (κ2) is 7.17. The molecule has 1 rings (SSSR count). The van der Waals surface area contributed by atoms with Gasteiger partial charge in [-0.25, -0.2) is 0 Å². The summed E-state index contributed by atoms with van der Waals surface area (Å²) in [6.07, 6.45) is 0. The molecular weight excluding hydrogens is 236 g/mol. The summed E-state index contributed by atoms with van der Waals surface area (Å²) in [5, 5.41) is 14.6. The third kappa shape index (κ3) is 4.15. The first kappa shape index (κ1) is 14.7. The van der Waals surface area contributed by atoms with E-state index in [0.29, 0.717) is 32.8 Å². The van der Waals surface area contributed by atoms with Crippen molar-refractivity contribution in [3.05, 3.63) is 0 Å². The number of nitrogens with zero attached hydrogens (tertiary/aromatic N) is 2. The second-order valence-corrected chi connectivity index (χ2v) is 4.49. The molecule has 1 heterocycles. The van der Waals surface area contributed by atoms with Crippen molar-refractivity contribution in [2.24, 2.45) is 16.8 Å². The van der Waals surface area contributed by atoms with E-state index in [4.69, 9.17) is 15.7 Å². The van der Waals surface area contributed by atoms with Crippen LogP contribution in [0.5, 0.6) is 0 Å². The van der Waals surface area contributed by atoms with E-state index >= 15 is 0 Å². The lowest BCUT2D eigenvalue weighted by Gasteiger charge is -2.29. The van der Waals surface area contributed by atoms with Crippen molar-refractivity contribution in [2.75, 3.05) is 32.8 Å². The highest BCUT2D eigenvalue weighted by Crippen LogP contribution is 2.01. The summed E-state index contributed by atoms with van der Waals surface area (Å²) in [5.74, 6) is 0.105. The summed E-state index contributed by atoms with van der Waals surface area (Å²) in [6.45, 7) is 6.61. The van der Waals surface area contributed by atoms with Crippen LogP contribution in [0.4, 0.5) is 0 Å². The highest BCUT2D eigenvalue weighted by atomic mass is 16.5. The van der Waals surface area contributed by atoms with Gasteiger partial charge in [-0.3, -0.25) is 4.79 Å². The summed E-state index contributed by atoms with van der Waals surface area (Å²) < 4.78 is 5.20. The lowest BCUT2D eigenvalue weighted by Crippen LogP contribution is -2.50. The number of amidine groups is 1. The largest absolute Gasteiger partial charge is 0.409 e. The Kier molecular flexibility index (Phi) is 5.87. The average Bonchev–Trinajstić information content (AvgIpc) is 2.43. The Balaban J connectivity index is 2.35. The molecule has 0 radical (unpaired) electrons. The van der Waals surface area contributed by atoms with Gasteiger partial charge in [0.25, 0.3) is 0 Å². The van der Waals surface area contributed by atoms with Gasteiger partial charge in [0.2, 0.25) is 5.91 Å². The Labute approximate surface area is 107 Å². The SMILES string of the molecule is CC(CNC(C)C(=O)N1CCOCC1)C(N)=NO. The second-order valence-electron chi connectivity index (χ2n) is 4.49. The number of carbonyl (C=O) groups is 1. The molecule has 1 amide bonds. The van der Waals surface area contributed by atoms with Crippen LogP contribution in [0, 0.1) is 5.92 Å². The minimum absolute atomic E-state index is 0.0602. The molecular formula is C11H22N4O3. The van der Waals surface area contributed by atoms with Crippen LogP contribution in [0.1, 0.15) is 13.8 Å². The zero-order valence-electron chi connectivity index (χ0n) is 10.9. The lowest BCUT2D eigenvalue weighted by atomic mass is 10.1. The fourth-order valence-corrected chi connectivity index (χ4v) is 1.70. The molecule has 1 saturated heterocycles. The molecule has 1 fully saturated rings. The van der Waals surface area contributed by atoms with E-state index in [-0.39, 0.29) is 23.7 Å². The van der Waals surface area contributed by atoms with E-state index in [2.05, 4.69) is 10.5 Å². The molecule has 7 nitrogen and oxygen atoms in total. The van der Waals surface area contributed by atoms with Gasteiger partial charge in [0.05, 0.1) is 19.3 Å². The lowest BCUT2D eigenvalue weighted by molar-refractivity contribution is -0.137. The van der Waals surface area contributed by atoms with Crippen LogP contribution >= 0.6 is 0 Å². The maximum absolute atomic E-state index is 12.0. The number of hydrogen-bond acceptors (Lipinski definition) is 5. The Morgan fingerprint density at radius 1 is 1.50 bits per heavy atom. The highest BCUT2D eigenvalue weighted by molar-refractivity contribution is 5.83. The van der Waals surface area contributed by atoms with Crippen LogP contribution in [0.2, 0.25) is 0 Å². The number of amides is 1. The van der Waals surface area contributed by atoms with Crippen LogP contribution in [0.3, 0.4) is 0 Å². The van der Waals surface area contributed by atoms with Crippen molar-refractivity contribution in [1.82, 2.24) is 10.2 Å². The first-order chi connectivity index (χ1) is 8.56. The van der Waals surface area contributed by atoms with Crippen molar-refractivity contribution in [3.8, 4) is 0 Å². The molecule has 104 valence electrons. The maximum Gasteiger partial charge on any atom is 0.239 e. The number of oxime groups is 1. The quantitative estimate of drug-likeness (QED) is 0.259. The zero-order valence-corrected chi connectivity index (χ0v) is 10.9. The van der Waals surface area contributed by atoms with E-state index in [1.54, 1.807) is 4.90 Å². The molecule has 1 aliphatic rings. The molecule has 18 heavy (non-hydrogen) atoms. The third-order valence-electron chi connectivity index (χ3n) is 3.04. The Hall–Kier alpha value is -1.34. The summed E-state index contributed by atoms with van der Waals surface area (Å²) in [4.78, 5) is 13.8. The third-order valence-corrected chi connectivity index (χ3v) is 3.04. The van der Waals surface area contributed by atoms with Gasteiger partial charge in [-0.1, -0.05) is 12.1 Å². The molecule has 0 spiro atoms. The van der Waals surface area contributed by atoms with Crippen molar-refractivity contribution >= 4 is 11.7 Å². The number of ether oxygens (including phenoxy) is 1. The minimum atomic E-state index is -0.281. The van der Waals surface area contributed by atoms with Crippen LogP contribution in [-0.4, -0.2) is 60.7 Å². The number of nitrogens with one attached hydrogen (secondary N) is 1. The Morgan fingerprint density at radius 2 is 2.11 bits per heavy atom. The zero-order chi connectivity index (χ0) is 13.5. The Bertz CT molecular complexity index is 303. The topological polar surface area (TPSA) is 100 Å². The number of morpholine rings is 1. The van der Waals surface area contributed by atoms with Gasteiger partial charge in [0, 0.05) is 25.6 Å². The normalized spacial score (nSPS) is 20.6. The number of hydrogen-bond donors (Lipinski definition) is 3. The van der Waals surface area contributed by atoms with Crippen LogP contribution in [-0.2, 0) is 9.53 Å². The molecule has 4 N–H and O–H groups in total. The number of rotatable bonds is 5. The Morgan fingerprint density at radius 3 is 2.67 bits per heavy atom. The average molecular weight is 258 g/mol. The predicted molar refractivity (Wildman–Crippen MR) is 67.4 cm³/mol. The summed E-state index contributed by atoms with van der Waals surface area (Å²) in [6, 6.07) is -0.281. The molecule has 7 heteroatoms. The van der Waals surface area contributed by atoms with E-state index < -0.39 is 0 Å². The van der Waals surface area contributed by atoms with Crippen molar-refractivity contribution < 1.29 is 14.7 Å². The molecule has 0 saturated carbocycles. The van der Waals surface area contributed by atoms with E-state index in [1.807, 2.05) is 13.8 Å². The molecule has 0 aromatic rings. The van der Waals surface area contributed by atoms with E-state index in [1.165, 1.54) is 0 Å². The molecule has 1 aliphatic heterocycles. The van der Waals surface area contributed by atoms with Crippen molar-refractivity contribution in [3.63, 3.8) is 0 Å². The maximum atomic E-state index is 12.0.